The van der Waals surface area contributed by atoms with Gasteiger partial charge in [-0.2, -0.15) is 0 Å². The highest BCUT2D eigenvalue weighted by molar-refractivity contribution is 6.48. The van der Waals surface area contributed by atoms with Crippen molar-refractivity contribution in [3.8, 4) is 0 Å². The highest BCUT2D eigenvalue weighted by atomic mass is 35.5. The molecular formula is C10H11Cl3N2. The van der Waals surface area contributed by atoms with Gasteiger partial charge in [0.05, 0.1) is 15.1 Å². The van der Waals surface area contributed by atoms with Crippen LogP contribution in [0.1, 0.15) is 11.6 Å². The number of nitrogens with one attached hydrogen (secondary N) is 2. The van der Waals surface area contributed by atoms with Gasteiger partial charge < -0.3 is 10.6 Å². The van der Waals surface area contributed by atoms with Gasteiger partial charge in [-0.1, -0.05) is 40.9 Å². The standard InChI is InChI=1S/C10H11Cl3N2/c11-7-2-1-6(9(12)10(7)13)8-5-14-3-4-15-8/h1-2,8,14-15H,3-5H2. The third-order valence-corrected chi connectivity index (χ3v) is 3.79. The van der Waals surface area contributed by atoms with Crippen molar-refractivity contribution in [2.24, 2.45) is 0 Å². The van der Waals surface area contributed by atoms with Crippen LogP contribution in [0.4, 0.5) is 0 Å². The second-order valence-electron chi connectivity index (χ2n) is 3.48. The first-order valence-electron chi connectivity index (χ1n) is 4.77. The molecule has 0 bridgehead atoms. The third-order valence-electron chi connectivity index (χ3n) is 2.48. The highest BCUT2D eigenvalue weighted by Crippen LogP contribution is 2.35. The topological polar surface area (TPSA) is 24.1 Å². The monoisotopic (exact) mass is 264 g/mol. The molecule has 1 aromatic rings. The summed E-state index contributed by atoms with van der Waals surface area (Å²) in [5, 5.41) is 8.15. The highest BCUT2D eigenvalue weighted by Gasteiger charge is 2.19. The van der Waals surface area contributed by atoms with Gasteiger partial charge in [0.15, 0.2) is 0 Å². The molecule has 0 aromatic heterocycles. The molecule has 1 fully saturated rings. The molecular weight excluding hydrogens is 254 g/mol. The van der Waals surface area contributed by atoms with E-state index in [0.717, 1.165) is 25.2 Å². The van der Waals surface area contributed by atoms with Crippen molar-refractivity contribution in [3.63, 3.8) is 0 Å². The number of piperazine rings is 1. The van der Waals surface area contributed by atoms with Crippen LogP contribution in [0.2, 0.25) is 15.1 Å². The molecule has 1 aliphatic heterocycles. The summed E-state index contributed by atoms with van der Waals surface area (Å²) in [7, 11) is 0. The van der Waals surface area contributed by atoms with E-state index in [0.29, 0.717) is 15.1 Å². The predicted octanol–water partition coefficient (Wildman–Crippen LogP) is 2.88. The summed E-state index contributed by atoms with van der Waals surface area (Å²) in [5.41, 5.74) is 0.998. The minimum atomic E-state index is 0.209. The maximum atomic E-state index is 6.15. The van der Waals surface area contributed by atoms with Crippen molar-refractivity contribution in [2.45, 2.75) is 6.04 Å². The molecule has 82 valence electrons. The number of hydrogen-bond acceptors (Lipinski definition) is 2. The summed E-state index contributed by atoms with van der Waals surface area (Å²) in [6, 6.07) is 3.91. The second-order valence-corrected chi connectivity index (χ2v) is 4.64. The van der Waals surface area contributed by atoms with Crippen molar-refractivity contribution in [1.82, 2.24) is 10.6 Å². The summed E-state index contributed by atoms with van der Waals surface area (Å²) >= 11 is 18.0. The minimum absolute atomic E-state index is 0.209. The first kappa shape index (κ1) is 11.5. The van der Waals surface area contributed by atoms with E-state index in [9.17, 15) is 0 Å². The maximum Gasteiger partial charge on any atom is 0.0781 e. The van der Waals surface area contributed by atoms with Gasteiger partial charge in [0.1, 0.15) is 0 Å². The summed E-state index contributed by atoms with van der Waals surface area (Å²) in [6.45, 7) is 2.77. The molecule has 0 aliphatic carbocycles. The van der Waals surface area contributed by atoms with Crippen LogP contribution >= 0.6 is 34.8 Å². The molecule has 1 unspecified atom stereocenters. The fraction of sp³-hybridized carbons (Fsp3) is 0.400. The zero-order chi connectivity index (χ0) is 10.8. The Bertz CT molecular complexity index is 362. The van der Waals surface area contributed by atoms with Gasteiger partial charge in [-0.3, -0.25) is 0 Å². The normalized spacial score (nSPS) is 21.7. The molecule has 1 saturated heterocycles. The minimum Gasteiger partial charge on any atom is -0.314 e. The second kappa shape index (κ2) is 4.89. The van der Waals surface area contributed by atoms with E-state index in [4.69, 9.17) is 34.8 Å². The number of hydrogen-bond donors (Lipinski definition) is 2. The van der Waals surface area contributed by atoms with Crippen molar-refractivity contribution in [1.29, 1.82) is 0 Å². The third kappa shape index (κ3) is 2.40. The molecule has 2 N–H and O–H groups in total. The first-order valence-corrected chi connectivity index (χ1v) is 5.91. The lowest BCUT2D eigenvalue weighted by atomic mass is 10.1. The van der Waals surface area contributed by atoms with E-state index in [1.807, 2.05) is 6.07 Å². The Morgan fingerprint density at radius 1 is 1.07 bits per heavy atom. The van der Waals surface area contributed by atoms with Crippen molar-refractivity contribution < 1.29 is 0 Å². The molecule has 15 heavy (non-hydrogen) atoms. The average Bonchev–Trinajstić information content (AvgIpc) is 2.27. The van der Waals surface area contributed by atoms with Gasteiger partial charge in [0.25, 0.3) is 0 Å². The van der Waals surface area contributed by atoms with E-state index in [1.165, 1.54) is 0 Å². The van der Waals surface area contributed by atoms with Crippen LogP contribution in [0.25, 0.3) is 0 Å². The predicted molar refractivity (Wildman–Crippen MR) is 65.1 cm³/mol. The molecule has 0 amide bonds. The lowest BCUT2D eigenvalue weighted by molar-refractivity contribution is 0.430. The van der Waals surface area contributed by atoms with Crippen molar-refractivity contribution >= 4 is 34.8 Å². The van der Waals surface area contributed by atoms with Crippen molar-refractivity contribution in [3.05, 3.63) is 32.8 Å². The van der Waals surface area contributed by atoms with Gasteiger partial charge in [0.2, 0.25) is 0 Å². The van der Waals surface area contributed by atoms with Crippen LogP contribution < -0.4 is 10.6 Å². The molecule has 1 aliphatic rings. The lowest BCUT2D eigenvalue weighted by Crippen LogP contribution is -2.42. The van der Waals surface area contributed by atoms with Crippen LogP contribution in [0, 0.1) is 0 Å². The summed E-state index contributed by atoms with van der Waals surface area (Å²) in [4.78, 5) is 0. The number of rotatable bonds is 1. The van der Waals surface area contributed by atoms with E-state index >= 15 is 0 Å². The molecule has 0 spiro atoms. The number of benzene rings is 1. The van der Waals surface area contributed by atoms with Gasteiger partial charge >= 0.3 is 0 Å². The van der Waals surface area contributed by atoms with Crippen molar-refractivity contribution in [2.75, 3.05) is 19.6 Å². The van der Waals surface area contributed by atoms with E-state index in [1.54, 1.807) is 6.07 Å². The fourth-order valence-electron chi connectivity index (χ4n) is 1.68. The van der Waals surface area contributed by atoms with Crippen LogP contribution in [0.3, 0.4) is 0 Å². The zero-order valence-corrected chi connectivity index (χ0v) is 10.3. The molecule has 0 saturated carbocycles. The molecule has 1 atom stereocenters. The van der Waals surface area contributed by atoms with Crippen LogP contribution in [0.15, 0.2) is 12.1 Å². The van der Waals surface area contributed by atoms with Gasteiger partial charge in [-0.25, -0.2) is 0 Å². The Balaban J connectivity index is 2.31. The Morgan fingerprint density at radius 2 is 1.87 bits per heavy atom. The number of halogens is 3. The van der Waals surface area contributed by atoms with Gasteiger partial charge in [-0.05, 0) is 11.6 Å². The van der Waals surface area contributed by atoms with E-state index < -0.39 is 0 Å². The Kier molecular flexibility index (Phi) is 3.75. The Morgan fingerprint density at radius 3 is 2.53 bits per heavy atom. The molecule has 0 radical (unpaired) electrons. The van der Waals surface area contributed by atoms with E-state index in [-0.39, 0.29) is 6.04 Å². The SMILES string of the molecule is Clc1ccc(C2CNCCN2)c(Cl)c1Cl. The molecule has 1 aromatic carbocycles. The van der Waals surface area contributed by atoms with Crippen LogP contribution in [-0.2, 0) is 0 Å². The fourth-order valence-corrected chi connectivity index (χ4v) is 2.36. The first-order chi connectivity index (χ1) is 7.20. The zero-order valence-electron chi connectivity index (χ0n) is 7.99. The summed E-state index contributed by atoms with van der Waals surface area (Å²) < 4.78 is 0. The molecule has 1 heterocycles. The van der Waals surface area contributed by atoms with Gasteiger partial charge in [0, 0.05) is 25.7 Å². The smallest absolute Gasteiger partial charge is 0.0781 e. The Labute approximate surface area is 104 Å². The Hall–Kier alpha value is 0.01000. The lowest BCUT2D eigenvalue weighted by Gasteiger charge is -2.26. The summed E-state index contributed by atoms with van der Waals surface area (Å²) in [5.74, 6) is 0. The quantitative estimate of drug-likeness (QED) is 0.763. The molecule has 5 heteroatoms. The summed E-state index contributed by atoms with van der Waals surface area (Å²) in [6.07, 6.45) is 0. The molecule has 2 rings (SSSR count). The maximum absolute atomic E-state index is 6.15. The van der Waals surface area contributed by atoms with Crippen LogP contribution in [-0.4, -0.2) is 19.6 Å². The van der Waals surface area contributed by atoms with E-state index in [2.05, 4.69) is 10.6 Å². The molecule has 2 nitrogen and oxygen atoms in total. The largest absolute Gasteiger partial charge is 0.314 e. The van der Waals surface area contributed by atoms with Gasteiger partial charge in [-0.15, -0.1) is 0 Å². The average molecular weight is 266 g/mol. The van der Waals surface area contributed by atoms with Crippen LogP contribution in [0.5, 0.6) is 0 Å².